The van der Waals surface area contributed by atoms with Crippen LogP contribution in [0.2, 0.25) is 0 Å². The van der Waals surface area contributed by atoms with Gasteiger partial charge in [-0.15, -0.1) is 0 Å². The van der Waals surface area contributed by atoms with Crippen molar-refractivity contribution in [1.29, 1.82) is 0 Å². The maximum absolute atomic E-state index is 13.6. The van der Waals surface area contributed by atoms with Crippen LogP contribution in [-0.4, -0.2) is 36.5 Å². The van der Waals surface area contributed by atoms with Crippen LogP contribution in [0, 0.1) is 5.82 Å². The largest absolute Gasteiger partial charge is 0.487 e. The lowest BCUT2D eigenvalue weighted by Crippen LogP contribution is -2.47. The van der Waals surface area contributed by atoms with Crippen LogP contribution in [0.25, 0.3) is 0 Å². The minimum Gasteiger partial charge on any atom is -0.487 e. The molecule has 0 aliphatic carbocycles. The Balaban J connectivity index is 2.58. The van der Waals surface area contributed by atoms with Crippen molar-refractivity contribution in [3.8, 4) is 5.75 Å². The average Bonchev–Trinajstić information content (AvgIpc) is 2.43. The minimum atomic E-state index is -3.71. The quantitative estimate of drug-likeness (QED) is 0.878. The molecule has 0 saturated heterocycles. The van der Waals surface area contributed by atoms with Gasteiger partial charge in [-0.2, -0.15) is 4.31 Å². The molecular formula is C15H21FN2O4S. The molecule has 0 saturated carbocycles. The molecule has 0 fully saturated rings. The summed E-state index contributed by atoms with van der Waals surface area (Å²) in [6, 6.07) is 3.26. The van der Waals surface area contributed by atoms with Crippen LogP contribution >= 0.6 is 0 Å². The molecule has 0 aromatic heterocycles. The number of hydrogen-bond acceptors (Lipinski definition) is 4. The second kappa shape index (κ2) is 6.09. The fourth-order valence-corrected chi connectivity index (χ4v) is 4.00. The standard InChI is InChI=1S/C15H21FN2O4S/c1-4-23(20,21)18(9-14(17)19)12-8-15(2,3)22-13-6-5-10(16)7-11(12)13/h5-7,12H,4,8-9H2,1-3H3,(H2,17,19). The number of ether oxygens (including phenoxy) is 1. The van der Waals surface area contributed by atoms with E-state index in [1.807, 2.05) is 13.8 Å². The first-order valence-corrected chi connectivity index (χ1v) is 8.93. The third-order valence-electron chi connectivity index (χ3n) is 3.78. The molecule has 128 valence electrons. The lowest BCUT2D eigenvalue weighted by Gasteiger charge is -2.41. The lowest BCUT2D eigenvalue weighted by atomic mass is 9.89. The Hall–Kier alpha value is -1.67. The summed E-state index contributed by atoms with van der Waals surface area (Å²) in [4.78, 5) is 11.4. The van der Waals surface area contributed by atoms with Gasteiger partial charge in [0.05, 0.1) is 18.3 Å². The van der Waals surface area contributed by atoms with E-state index in [-0.39, 0.29) is 12.2 Å². The van der Waals surface area contributed by atoms with E-state index in [9.17, 15) is 17.6 Å². The van der Waals surface area contributed by atoms with Crippen molar-refractivity contribution in [2.75, 3.05) is 12.3 Å². The first-order chi connectivity index (χ1) is 10.6. The van der Waals surface area contributed by atoms with Crippen molar-refractivity contribution in [3.63, 3.8) is 0 Å². The van der Waals surface area contributed by atoms with Crippen LogP contribution in [0.4, 0.5) is 4.39 Å². The van der Waals surface area contributed by atoms with Crippen LogP contribution < -0.4 is 10.5 Å². The molecule has 2 rings (SSSR count). The normalized spacial score (nSPS) is 20.0. The lowest BCUT2D eigenvalue weighted by molar-refractivity contribution is -0.118. The number of rotatable bonds is 5. The number of fused-ring (bicyclic) bond motifs is 1. The molecule has 0 spiro atoms. The number of nitrogens with two attached hydrogens (primary N) is 1. The Morgan fingerprint density at radius 3 is 2.70 bits per heavy atom. The molecule has 1 unspecified atom stereocenters. The first-order valence-electron chi connectivity index (χ1n) is 7.32. The van der Waals surface area contributed by atoms with Crippen molar-refractivity contribution in [2.24, 2.45) is 5.73 Å². The molecule has 1 aliphatic heterocycles. The summed E-state index contributed by atoms with van der Waals surface area (Å²) in [5, 5.41) is 0. The Labute approximate surface area is 135 Å². The molecular weight excluding hydrogens is 323 g/mol. The minimum absolute atomic E-state index is 0.178. The zero-order valence-electron chi connectivity index (χ0n) is 13.4. The average molecular weight is 344 g/mol. The topological polar surface area (TPSA) is 89.7 Å². The van der Waals surface area contributed by atoms with E-state index in [1.165, 1.54) is 25.1 Å². The fourth-order valence-electron chi connectivity index (χ4n) is 2.77. The zero-order valence-corrected chi connectivity index (χ0v) is 14.2. The molecule has 1 aliphatic rings. The fraction of sp³-hybridized carbons (Fsp3) is 0.533. The van der Waals surface area contributed by atoms with Gasteiger partial charge in [-0.3, -0.25) is 4.79 Å². The molecule has 1 aromatic rings. The van der Waals surface area contributed by atoms with Gasteiger partial charge in [0.15, 0.2) is 0 Å². The van der Waals surface area contributed by atoms with Crippen molar-refractivity contribution < 1.29 is 22.3 Å². The van der Waals surface area contributed by atoms with E-state index >= 15 is 0 Å². The SMILES string of the molecule is CCS(=O)(=O)N(CC(N)=O)C1CC(C)(C)Oc2ccc(F)cc21. The molecule has 1 heterocycles. The van der Waals surface area contributed by atoms with Gasteiger partial charge in [0, 0.05) is 12.0 Å². The van der Waals surface area contributed by atoms with Gasteiger partial charge >= 0.3 is 0 Å². The summed E-state index contributed by atoms with van der Waals surface area (Å²) >= 11 is 0. The smallest absolute Gasteiger partial charge is 0.232 e. The van der Waals surface area contributed by atoms with Crippen LogP contribution in [0.1, 0.15) is 38.8 Å². The van der Waals surface area contributed by atoms with Crippen molar-refractivity contribution >= 4 is 15.9 Å². The van der Waals surface area contributed by atoms with E-state index in [4.69, 9.17) is 10.5 Å². The summed E-state index contributed by atoms with van der Waals surface area (Å²) in [6.07, 6.45) is 0.288. The second-order valence-electron chi connectivity index (χ2n) is 6.18. The van der Waals surface area contributed by atoms with E-state index in [0.717, 1.165) is 4.31 Å². The number of hydrogen-bond donors (Lipinski definition) is 1. The predicted octanol–water partition coefficient (Wildman–Crippen LogP) is 1.56. The maximum atomic E-state index is 13.6. The van der Waals surface area contributed by atoms with E-state index < -0.39 is 39.9 Å². The number of primary amides is 1. The highest BCUT2D eigenvalue weighted by Gasteiger charge is 2.41. The van der Waals surface area contributed by atoms with Gasteiger partial charge in [0.2, 0.25) is 15.9 Å². The van der Waals surface area contributed by atoms with Gasteiger partial charge in [0.25, 0.3) is 0 Å². The number of carbonyl (C=O) groups excluding carboxylic acids is 1. The molecule has 1 amide bonds. The molecule has 0 radical (unpaired) electrons. The van der Waals surface area contributed by atoms with Crippen LogP contribution in [0.5, 0.6) is 5.75 Å². The number of carbonyl (C=O) groups is 1. The van der Waals surface area contributed by atoms with Crippen LogP contribution in [0.15, 0.2) is 18.2 Å². The third-order valence-corrected chi connectivity index (χ3v) is 5.61. The Bertz CT molecular complexity index is 718. The summed E-state index contributed by atoms with van der Waals surface area (Å²) in [5.74, 6) is -1.02. The maximum Gasteiger partial charge on any atom is 0.232 e. The van der Waals surface area contributed by atoms with E-state index in [2.05, 4.69) is 0 Å². The number of sulfonamides is 1. The Morgan fingerprint density at radius 2 is 2.13 bits per heavy atom. The Morgan fingerprint density at radius 1 is 1.48 bits per heavy atom. The highest BCUT2D eigenvalue weighted by atomic mass is 32.2. The third kappa shape index (κ3) is 3.81. The number of benzene rings is 1. The zero-order chi connectivity index (χ0) is 17.4. The Kier molecular flexibility index (Phi) is 4.68. The summed E-state index contributed by atoms with van der Waals surface area (Å²) in [6.45, 7) is 4.66. The van der Waals surface area contributed by atoms with Gasteiger partial charge in [0.1, 0.15) is 17.2 Å². The number of nitrogens with zero attached hydrogens (tertiary/aromatic N) is 1. The van der Waals surface area contributed by atoms with Gasteiger partial charge < -0.3 is 10.5 Å². The van der Waals surface area contributed by atoms with Gasteiger partial charge in [-0.25, -0.2) is 12.8 Å². The predicted molar refractivity (Wildman–Crippen MR) is 83.8 cm³/mol. The first kappa shape index (κ1) is 17.7. The number of halogens is 1. The van der Waals surface area contributed by atoms with Crippen molar-refractivity contribution in [2.45, 2.75) is 38.8 Å². The van der Waals surface area contributed by atoms with Crippen LogP contribution in [-0.2, 0) is 14.8 Å². The molecule has 0 bridgehead atoms. The van der Waals surface area contributed by atoms with E-state index in [0.29, 0.717) is 11.3 Å². The summed E-state index contributed by atoms with van der Waals surface area (Å²) in [7, 11) is -3.71. The van der Waals surface area contributed by atoms with Crippen molar-refractivity contribution in [3.05, 3.63) is 29.6 Å². The molecule has 1 aromatic carbocycles. The molecule has 1 atom stereocenters. The monoisotopic (exact) mass is 344 g/mol. The van der Waals surface area contributed by atoms with Gasteiger partial charge in [-0.05, 0) is 39.0 Å². The number of amides is 1. The van der Waals surface area contributed by atoms with Gasteiger partial charge in [-0.1, -0.05) is 0 Å². The van der Waals surface area contributed by atoms with Crippen LogP contribution in [0.3, 0.4) is 0 Å². The molecule has 23 heavy (non-hydrogen) atoms. The molecule has 6 nitrogen and oxygen atoms in total. The summed E-state index contributed by atoms with van der Waals surface area (Å²) < 4.78 is 45.4. The highest BCUT2D eigenvalue weighted by Crippen LogP contribution is 2.43. The molecule has 2 N–H and O–H groups in total. The van der Waals surface area contributed by atoms with E-state index in [1.54, 1.807) is 0 Å². The summed E-state index contributed by atoms with van der Waals surface area (Å²) in [5.41, 5.74) is 4.97. The second-order valence-corrected chi connectivity index (χ2v) is 8.39. The molecule has 8 heteroatoms. The van der Waals surface area contributed by atoms with Crippen molar-refractivity contribution in [1.82, 2.24) is 4.31 Å². The highest BCUT2D eigenvalue weighted by molar-refractivity contribution is 7.89.